The normalized spacial score (nSPS) is 15.1. The fourth-order valence-electron chi connectivity index (χ4n) is 3.85. The van der Waals surface area contributed by atoms with Crippen molar-refractivity contribution in [2.24, 2.45) is 0 Å². The summed E-state index contributed by atoms with van der Waals surface area (Å²) in [5.41, 5.74) is 2.38. The van der Waals surface area contributed by atoms with E-state index in [2.05, 4.69) is 5.32 Å². The summed E-state index contributed by atoms with van der Waals surface area (Å²) in [6, 6.07) is 13.7. The second-order valence-electron chi connectivity index (χ2n) is 7.88. The molecule has 29 heavy (non-hydrogen) atoms. The van der Waals surface area contributed by atoms with Crippen LogP contribution >= 0.6 is 0 Å². The third-order valence-electron chi connectivity index (χ3n) is 5.77. The van der Waals surface area contributed by atoms with E-state index >= 15 is 0 Å². The number of benzene rings is 2. The number of halogens is 1. The summed E-state index contributed by atoms with van der Waals surface area (Å²) in [7, 11) is 0. The molecule has 0 spiro atoms. The van der Waals surface area contributed by atoms with Crippen LogP contribution in [0.5, 0.6) is 0 Å². The van der Waals surface area contributed by atoms with Gasteiger partial charge in [0.2, 0.25) is 11.8 Å². The van der Waals surface area contributed by atoms with Crippen molar-refractivity contribution in [3.8, 4) is 0 Å². The first-order valence-electron chi connectivity index (χ1n) is 10.3. The molecular weight excluding hydrogens is 367 g/mol. The minimum absolute atomic E-state index is 0.0698. The van der Waals surface area contributed by atoms with Crippen LogP contribution in [0.2, 0.25) is 0 Å². The Bertz CT molecular complexity index is 861. The fraction of sp³-hybridized carbons (Fsp3) is 0.417. The molecule has 0 saturated heterocycles. The largest absolute Gasteiger partial charge is 0.352 e. The third kappa shape index (κ3) is 5.43. The summed E-state index contributed by atoms with van der Waals surface area (Å²) in [6.45, 7) is 4.05. The average molecular weight is 397 g/mol. The number of hydrogen-bond acceptors (Lipinski definition) is 2. The van der Waals surface area contributed by atoms with Crippen molar-refractivity contribution >= 4 is 11.8 Å². The topological polar surface area (TPSA) is 49.4 Å². The molecule has 2 aromatic rings. The van der Waals surface area contributed by atoms with Crippen molar-refractivity contribution in [3.05, 3.63) is 71.0 Å². The van der Waals surface area contributed by atoms with E-state index in [0.29, 0.717) is 12.1 Å². The Morgan fingerprint density at radius 3 is 2.34 bits per heavy atom. The predicted molar refractivity (Wildman–Crippen MR) is 112 cm³/mol. The van der Waals surface area contributed by atoms with Crippen LogP contribution in [-0.2, 0) is 22.6 Å². The number of rotatable bonds is 7. The second kappa shape index (κ2) is 9.68. The summed E-state index contributed by atoms with van der Waals surface area (Å²) in [5, 5.41) is 3.08. The van der Waals surface area contributed by atoms with Gasteiger partial charge in [0.25, 0.3) is 0 Å². The Hall–Kier alpha value is -2.69. The minimum atomic E-state index is -0.630. The first-order chi connectivity index (χ1) is 14.0. The van der Waals surface area contributed by atoms with Crippen molar-refractivity contribution < 1.29 is 14.0 Å². The van der Waals surface area contributed by atoms with E-state index in [-0.39, 0.29) is 24.3 Å². The van der Waals surface area contributed by atoms with Gasteiger partial charge >= 0.3 is 0 Å². The molecular formula is C24H29FN2O2. The SMILES string of the molecule is Cc1ccccc1CN(C(=O)Cc1ccccc1F)[C@H](C)C(=O)NC1CCCC1. The van der Waals surface area contributed by atoms with Crippen LogP contribution in [0.3, 0.4) is 0 Å². The van der Waals surface area contributed by atoms with Crippen LogP contribution in [0.4, 0.5) is 4.39 Å². The van der Waals surface area contributed by atoms with Crippen LogP contribution in [0.1, 0.15) is 49.3 Å². The van der Waals surface area contributed by atoms with Gasteiger partial charge < -0.3 is 10.2 Å². The van der Waals surface area contributed by atoms with Crippen molar-refractivity contribution in [2.45, 2.75) is 64.6 Å². The van der Waals surface area contributed by atoms with Gasteiger partial charge in [-0.25, -0.2) is 4.39 Å². The number of carbonyl (C=O) groups excluding carboxylic acids is 2. The van der Waals surface area contributed by atoms with Crippen LogP contribution < -0.4 is 5.32 Å². The maximum atomic E-state index is 14.1. The fourth-order valence-corrected chi connectivity index (χ4v) is 3.85. The van der Waals surface area contributed by atoms with Crippen molar-refractivity contribution in [3.63, 3.8) is 0 Å². The average Bonchev–Trinajstić information content (AvgIpc) is 3.21. The standard InChI is InChI=1S/C24H29FN2O2/c1-17-9-3-4-11-20(17)16-27(18(2)24(29)26-21-12-6-7-13-21)23(28)15-19-10-5-8-14-22(19)25/h3-5,8-11,14,18,21H,6-7,12-13,15-16H2,1-2H3,(H,26,29)/t18-/m1/s1. The first-order valence-corrected chi connectivity index (χ1v) is 10.3. The lowest BCUT2D eigenvalue weighted by Gasteiger charge is -2.30. The Kier molecular flexibility index (Phi) is 7.02. The molecule has 1 saturated carbocycles. The van der Waals surface area contributed by atoms with E-state index in [1.807, 2.05) is 31.2 Å². The van der Waals surface area contributed by atoms with E-state index in [1.165, 1.54) is 6.07 Å². The maximum Gasteiger partial charge on any atom is 0.242 e. The highest BCUT2D eigenvalue weighted by atomic mass is 19.1. The number of carbonyl (C=O) groups is 2. The molecule has 2 amide bonds. The number of nitrogens with one attached hydrogen (secondary N) is 1. The molecule has 0 aromatic heterocycles. The summed E-state index contributed by atoms with van der Waals surface area (Å²) in [4.78, 5) is 27.6. The van der Waals surface area contributed by atoms with Gasteiger partial charge in [-0.2, -0.15) is 0 Å². The van der Waals surface area contributed by atoms with Crippen molar-refractivity contribution in [1.29, 1.82) is 0 Å². The van der Waals surface area contributed by atoms with Gasteiger partial charge in [-0.05, 0) is 49.4 Å². The maximum absolute atomic E-state index is 14.1. The summed E-state index contributed by atoms with van der Waals surface area (Å²) >= 11 is 0. The highest BCUT2D eigenvalue weighted by molar-refractivity contribution is 5.88. The van der Waals surface area contributed by atoms with E-state index in [9.17, 15) is 14.0 Å². The van der Waals surface area contributed by atoms with Gasteiger partial charge in [0.15, 0.2) is 0 Å². The molecule has 4 nitrogen and oxygen atoms in total. The molecule has 5 heteroatoms. The zero-order valence-electron chi connectivity index (χ0n) is 17.2. The number of aryl methyl sites for hydroxylation is 1. The van der Waals surface area contributed by atoms with E-state index in [0.717, 1.165) is 36.8 Å². The van der Waals surface area contributed by atoms with E-state index < -0.39 is 11.9 Å². The molecule has 1 aliphatic carbocycles. The lowest BCUT2D eigenvalue weighted by Crippen LogP contribution is -2.50. The van der Waals surface area contributed by atoms with Gasteiger partial charge in [0, 0.05) is 12.6 Å². The van der Waals surface area contributed by atoms with Crippen molar-refractivity contribution in [2.75, 3.05) is 0 Å². The molecule has 0 radical (unpaired) electrons. The molecule has 1 fully saturated rings. The Balaban J connectivity index is 1.80. The molecule has 0 unspecified atom stereocenters. The lowest BCUT2D eigenvalue weighted by atomic mass is 10.1. The van der Waals surface area contributed by atoms with Gasteiger partial charge in [0.05, 0.1) is 6.42 Å². The monoisotopic (exact) mass is 396 g/mol. The molecule has 0 heterocycles. The molecule has 2 aromatic carbocycles. The number of hydrogen-bond donors (Lipinski definition) is 1. The molecule has 1 N–H and O–H groups in total. The highest BCUT2D eigenvalue weighted by Crippen LogP contribution is 2.20. The smallest absolute Gasteiger partial charge is 0.242 e. The molecule has 0 bridgehead atoms. The van der Waals surface area contributed by atoms with Gasteiger partial charge in [-0.15, -0.1) is 0 Å². The minimum Gasteiger partial charge on any atom is -0.352 e. The van der Waals surface area contributed by atoms with Crippen LogP contribution in [0, 0.1) is 12.7 Å². The molecule has 1 atom stereocenters. The van der Waals surface area contributed by atoms with E-state index in [4.69, 9.17) is 0 Å². The second-order valence-corrected chi connectivity index (χ2v) is 7.88. The third-order valence-corrected chi connectivity index (χ3v) is 5.77. The van der Waals surface area contributed by atoms with Gasteiger partial charge in [-0.1, -0.05) is 55.3 Å². The molecule has 0 aliphatic heterocycles. The Morgan fingerprint density at radius 2 is 1.69 bits per heavy atom. The first kappa shape index (κ1) is 21.0. The van der Waals surface area contributed by atoms with E-state index in [1.54, 1.807) is 30.0 Å². The lowest BCUT2D eigenvalue weighted by molar-refractivity contribution is -0.140. The number of amides is 2. The Morgan fingerprint density at radius 1 is 1.07 bits per heavy atom. The zero-order chi connectivity index (χ0) is 20.8. The summed E-state index contributed by atoms with van der Waals surface area (Å²) < 4.78 is 14.1. The highest BCUT2D eigenvalue weighted by Gasteiger charge is 2.29. The van der Waals surface area contributed by atoms with Crippen molar-refractivity contribution in [1.82, 2.24) is 10.2 Å². The zero-order valence-corrected chi connectivity index (χ0v) is 17.2. The summed E-state index contributed by atoms with van der Waals surface area (Å²) in [5.74, 6) is -0.806. The van der Waals surface area contributed by atoms with Crippen LogP contribution in [-0.4, -0.2) is 28.8 Å². The molecule has 1 aliphatic rings. The van der Waals surface area contributed by atoms with Gasteiger partial charge in [-0.3, -0.25) is 9.59 Å². The molecule has 3 rings (SSSR count). The quantitative estimate of drug-likeness (QED) is 0.764. The predicted octanol–water partition coefficient (Wildman–Crippen LogP) is 4.15. The molecule has 154 valence electrons. The van der Waals surface area contributed by atoms with Crippen LogP contribution in [0.25, 0.3) is 0 Å². The Labute approximate surface area is 172 Å². The number of nitrogens with zero attached hydrogens (tertiary/aromatic N) is 1. The summed E-state index contributed by atoms with van der Waals surface area (Å²) in [6.07, 6.45) is 4.15. The van der Waals surface area contributed by atoms with Gasteiger partial charge in [0.1, 0.15) is 11.9 Å². The van der Waals surface area contributed by atoms with Crippen LogP contribution in [0.15, 0.2) is 48.5 Å².